The van der Waals surface area contributed by atoms with Gasteiger partial charge in [0, 0.05) is 5.56 Å². The Morgan fingerprint density at radius 2 is 2.13 bits per heavy atom. The lowest BCUT2D eigenvalue weighted by atomic mass is 9.98. The molecule has 0 radical (unpaired) electrons. The van der Waals surface area contributed by atoms with Crippen molar-refractivity contribution in [3.05, 3.63) is 47.5 Å². The van der Waals surface area contributed by atoms with Crippen LogP contribution in [0.25, 0.3) is 0 Å². The topological polar surface area (TPSA) is 29.5 Å². The molecule has 0 amide bonds. The zero-order valence-corrected chi connectivity index (χ0v) is 8.32. The zero-order chi connectivity index (χ0) is 10.7. The predicted molar refractivity (Wildman–Crippen MR) is 54.6 cm³/mol. The van der Waals surface area contributed by atoms with Crippen molar-refractivity contribution in [1.82, 2.24) is 0 Å². The zero-order valence-electron chi connectivity index (χ0n) is 8.32. The van der Waals surface area contributed by atoms with E-state index in [1.54, 1.807) is 24.5 Å². The van der Waals surface area contributed by atoms with Crippen LogP contribution in [-0.4, -0.2) is 11.7 Å². The van der Waals surface area contributed by atoms with Gasteiger partial charge in [0.15, 0.2) is 0 Å². The maximum absolute atomic E-state index is 13.4. The van der Waals surface area contributed by atoms with Gasteiger partial charge in [0.1, 0.15) is 11.9 Å². The quantitative estimate of drug-likeness (QED) is 0.809. The monoisotopic (exact) mass is 208 g/mol. The lowest BCUT2D eigenvalue weighted by molar-refractivity contribution is 0.167. The SMILES string of the molecule is OC(C1=COCCC1)c1ccccc1F. The first-order valence-corrected chi connectivity index (χ1v) is 5.02. The predicted octanol–water partition coefficient (Wildman–Crippen LogP) is 2.55. The van der Waals surface area contributed by atoms with Crippen molar-refractivity contribution in [2.45, 2.75) is 18.9 Å². The Morgan fingerprint density at radius 1 is 1.33 bits per heavy atom. The molecule has 0 saturated carbocycles. The third-order valence-electron chi connectivity index (χ3n) is 2.51. The van der Waals surface area contributed by atoms with Crippen LogP contribution in [-0.2, 0) is 4.74 Å². The highest BCUT2D eigenvalue weighted by Crippen LogP contribution is 2.28. The van der Waals surface area contributed by atoms with Crippen molar-refractivity contribution in [1.29, 1.82) is 0 Å². The summed E-state index contributed by atoms with van der Waals surface area (Å²) in [5.74, 6) is -0.378. The second-order valence-corrected chi connectivity index (χ2v) is 3.59. The van der Waals surface area contributed by atoms with Gasteiger partial charge in [0.25, 0.3) is 0 Å². The summed E-state index contributed by atoms with van der Waals surface area (Å²) < 4.78 is 18.5. The van der Waals surface area contributed by atoms with E-state index in [1.165, 1.54) is 6.07 Å². The van der Waals surface area contributed by atoms with Crippen LogP contribution in [0.2, 0.25) is 0 Å². The van der Waals surface area contributed by atoms with Gasteiger partial charge in [-0.3, -0.25) is 0 Å². The van der Waals surface area contributed by atoms with Gasteiger partial charge in [0.05, 0.1) is 12.9 Å². The van der Waals surface area contributed by atoms with Gasteiger partial charge in [-0.05, 0) is 24.5 Å². The number of rotatable bonds is 2. The first-order chi connectivity index (χ1) is 7.29. The molecule has 1 unspecified atom stereocenters. The van der Waals surface area contributed by atoms with E-state index in [1.807, 2.05) is 0 Å². The standard InChI is InChI=1S/C12H13FO2/c13-11-6-2-1-5-10(11)12(14)9-4-3-7-15-8-9/h1-2,5-6,8,12,14H,3-4,7H2. The van der Waals surface area contributed by atoms with Crippen molar-refractivity contribution < 1.29 is 14.2 Å². The van der Waals surface area contributed by atoms with Crippen LogP contribution in [0.15, 0.2) is 36.1 Å². The maximum Gasteiger partial charge on any atom is 0.129 e. The molecule has 0 spiro atoms. The van der Waals surface area contributed by atoms with E-state index in [2.05, 4.69) is 0 Å². The highest BCUT2D eigenvalue weighted by Gasteiger charge is 2.18. The summed E-state index contributed by atoms with van der Waals surface area (Å²) in [7, 11) is 0. The third-order valence-corrected chi connectivity index (χ3v) is 2.51. The molecule has 15 heavy (non-hydrogen) atoms. The number of aliphatic hydroxyl groups is 1. The van der Waals surface area contributed by atoms with Gasteiger partial charge in [-0.1, -0.05) is 18.2 Å². The maximum atomic E-state index is 13.4. The van der Waals surface area contributed by atoms with E-state index in [-0.39, 0.29) is 5.82 Å². The number of ether oxygens (including phenoxy) is 1. The lowest BCUT2D eigenvalue weighted by Gasteiger charge is -2.19. The second-order valence-electron chi connectivity index (χ2n) is 3.59. The first-order valence-electron chi connectivity index (χ1n) is 5.02. The van der Waals surface area contributed by atoms with Gasteiger partial charge >= 0.3 is 0 Å². The average molecular weight is 208 g/mol. The molecule has 1 aromatic rings. The molecular formula is C12H13FO2. The van der Waals surface area contributed by atoms with Crippen LogP contribution >= 0.6 is 0 Å². The second kappa shape index (κ2) is 4.45. The Labute approximate surface area is 88.0 Å². The van der Waals surface area contributed by atoms with E-state index in [4.69, 9.17) is 4.74 Å². The van der Waals surface area contributed by atoms with Gasteiger partial charge in [0.2, 0.25) is 0 Å². The summed E-state index contributed by atoms with van der Waals surface area (Å²) in [6, 6.07) is 6.27. The van der Waals surface area contributed by atoms with Gasteiger partial charge in [-0.15, -0.1) is 0 Å². The fraction of sp³-hybridized carbons (Fsp3) is 0.333. The molecule has 80 valence electrons. The fourth-order valence-corrected chi connectivity index (χ4v) is 1.68. The summed E-state index contributed by atoms with van der Waals surface area (Å²) in [6.07, 6.45) is 2.29. The van der Waals surface area contributed by atoms with Crippen molar-refractivity contribution in [2.75, 3.05) is 6.61 Å². The van der Waals surface area contributed by atoms with E-state index in [9.17, 15) is 9.50 Å². The number of halogens is 1. The van der Waals surface area contributed by atoms with E-state index in [0.717, 1.165) is 18.4 Å². The minimum absolute atomic E-state index is 0.314. The van der Waals surface area contributed by atoms with Crippen molar-refractivity contribution >= 4 is 0 Å². The molecular weight excluding hydrogens is 195 g/mol. The molecule has 2 nitrogen and oxygen atoms in total. The molecule has 1 N–H and O–H groups in total. The summed E-state index contributed by atoms with van der Waals surface area (Å²) in [5.41, 5.74) is 1.06. The van der Waals surface area contributed by atoms with Gasteiger partial charge in [-0.25, -0.2) is 4.39 Å². The Balaban J connectivity index is 2.23. The summed E-state index contributed by atoms with van der Waals surface area (Å²) >= 11 is 0. The van der Waals surface area contributed by atoms with Crippen LogP contribution in [0, 0.1) is 5.82 Å². The Morgan fingerprint density at radius 3 is 2.80 bits per heavy atom. The number of benzene rings is 1. The lowest BCUT2D eigenvalue weighted by Crippen LogP contribution is -2.09. The molecule has 3 heteroatoms. The molecule has 1 aliphatic rings. The van der Waals surface area contributed by atoms with Crippen LogP contribution in [0.1, 0.15) is 24.5 Å². The summed E-state index contributed by atoms with van der Waals surface area (Å²) in [5, 5.41) is 9.94. The molecule has 1 atom stereocenters. The minimum Gasteiger partial charge on any atom is -0.501 e. The largest absolute Gasteiger partial charge is 0.501 e. The van der Waals surface area contributed by atoms with E-state index < -0.39 is 6.10 Å². The number of hydrogen-bond acceptors (Lipinski definition) is 2. The van der Waals surface area contributed by atoms with Crippen LogP contribution in [0.5, 0.6) is 0 Å². The smallest absolute Gasteiger partial charge is 0.129 e. The Bertz CT molecular complexity index is 374. The number of hydrogen-bond donors (Lipinski definition) is 1. The molecule has 0 fully saturated rings. The molecule has 1 aliphatic heterocycles. The van der Waals surface area contributed by atoms with Crippen molar-refractivity contribution in [2.24, 2.45) is 0 Å². The molecule has 0 aliphatic carbocycles. The summed E-state index contributed by atoms with van der Waals surface area (Å²) in [4.78, 5) is 0. The molecule has 1 aromatic carbocycles. The molecule has 1 heterocycles. The molecule has 2 rings (SSSR count). The van der Waals surface area contributed by atoms with E-state index >= 15 is 0 Å². The minimum atomic E-state index is -0.883. The highest BCUT2D eigenvalue weighted by atomic mass is 19.1. The van der Waals surface area contributed by atoms with E-state index in [0.29, 0.717) is 12.2 Å². The van der Waals surface area contributed by atoms with Crippen molar-refractivity contribution in [3.8, 4) is 0 Å². The summed E-state index contributed by atoms with van der Waals surface area (Å²) in [6.45, 7) is 0.674. The molecule has 0 bridgehead atoms. The van der Waals surface area contributed by atoms with Crippen LogP contribution < -0.4 is 0 Å². The fourth-order valence-electron chi connectivity index (χ4n) is 1.68. The average Bonchev–Trinajstić information content (AvgIpc) is 2.30. The van der Waals surface area contributed by atoms with Crippen LogP contribution in [0.3, 0.4) is 0 Å². The first kappa shape index (κ1) is 10.2. The normalized spacial score (nSPS) is 17.9. The van der Waals surface area contributed by atoms with Crippen LogP contribution in [0.4, 0.5) is 4.39 Å². The highest BCUT2D eigenvalue weighted by molar-refractivity contribution is 5.27. The number of aliphatic hydroxyl groups excluding tert-OH is 1. The van der Waals surface area contributed by atoms with Gasteiger partial charge in [-0.2, -0.15) is 0 Å². The molecule has 0 saturated heterocycles. The Hall–Kier alpha value is -1.35. The third kappa shape index (κ3) is 2.18. The van der Waals surface area contributed by atoms with Crippen molar-refractivity contribution in [3.63, 3.8) is 0 Å². The molecule has 0 aromatic heterocycles. The Kier molecular flexibility index (Phi) is 3.02. The van der Waals surface area contributed by atoms with Gasteiger partial charge < -0.3 is 9.84 Å².